The molecule has 2 aromatic rings. The van der Waals surface area contributed by atoms with Gasteiger partial charge in [0.1, 0.15) is 11.5 Å². The summed E-state index contributed by atoms with van der Waals surface area (Å²) in [6, 6.07) is 1.70. The third kappa shape index (κ3) is 2.29. The number of furan rings is 1. The second-order valence-electron chi connectivity index (χ2n) is 4.01. The van der Waals surface area contributed by atoms with E-state index in [0.29, 0.717) is 17.1 Å². The highest BCUT2D eigenvalue weighted by Crippen LogP contribution is 2.28. The maximum atomic E-state index is 11.6. The second-order valence-corrected chi connectivity index (χ2v) is 4.01. The lowest BCUT2D eigenvalue weighted by atomic mass is 10.2. The van der Waals surface area contributed by atoms with Crippen molar-refractivity contribution in [1.29, 1.82) is 0 Å². The predicted molar refractivity (Wildman–Crippen MR) is 66.4 cm³/mol. The summed E-state index contributed by atoms with van der Waals surface area (Å²) in [7, 11) is 2.36. The fraction of sp³-hybridized carbons (Fsp3) is 0.308. The highest BCUT2D eigenvalue weighted by Gasteiger charge is 2.28. The van der Waals surface area contributed by atoms with Gasteiger partial charge in [-0.25, -0.2) is 14.6 Å². The Kier molecular flexibility index (Phi) is 3.60. The lowest BCUT2D eigenvalue weighted by Crippen LogP contribution is -2.10. The normalized spacial score (nSPS) is 10.4. The zero-order valence-corrected chi connectivity index (χ0v) is 11.5. The summed E-state index contributed by atoms with van der Waals surface area (Å²) in [5.74, 6) is -0.556. The number of hydrogen-bond donors (Lipinski definition) is 0. The lowest BCUT2D eigenvalue weighted by Gasteiger charge is -1.96. The van der Waals surface area contributed by atoms with Crippen molar-refractivity contribution in [2.75, 3.05) is 14.2 Å². The van der Waals surface area contributed by atoms with Crippen LogP contribution in [0.4, 0.5) is 0 Å². The Bertz CT molecular complexity index is 633. The molecule has 0 N–H and O–H groups in total. The van der Waals surface area contributed by atoms with Crippen LogP contribution < -0.4 is 0 Å². The molecule has 0 spiro atoms. The second kappa shape index (κ2) is 5.20. The lowest BCUT2D eigenvalue weighted by molar-refractivity contribution is 0.0527. The van der Waals surface area contributed by atoms with Gasteiger partial charge in [0.15, 0.2) is 0 Å². The maximum Gasteiger partial charge on any atom is 0.376 e. The Hall–Kier alpha value is -2.57. The summed E-state index contributed by atoms with van der Waals surface area (Å²) in [5, 5.41) is 0. The molecule has 0 radical (unpaired) electrons. The van der Waals surface area contributed by atoms with E-state index in [1.807, 2.05) is 0 Å². The molecule has 0 saturated carbocycles. The van der Waals surface area contributed by atoms with Crippen LogP contribution in [-0.4, -0.2) is 31.1 Å². The minimum Gasteiger partial charge on any atom is -0.466 e. The Morgan fingerprint density at radius 1 is 1.10 bits per heavy atom. The van der Waals surface area contributed by atoms with E-state index in [2.05, 4.69) is 14.5 Å². The largest absolute Gasteiger partial charge is 0.466 e. The summed E-state index contributed by atoms with van der Waals surface area (Å²) in [4.78, 5) is 27.2. The van der Waals surface area contributed by atoms with Crippen molar-refractivity contribution >= 4 is 11.9 Å². The number of aryl methyl sites for hydroxylation is 2. The Balaban J connectivity index is 2.57. The average molecular weight is 279 g/mol. The smallest absolute Gasteiger partial charge is 0.376 e. The van der Waals surface area contributed by atoms with Crippen molar-refractivity contribution in [2.45, 2.75) is 13.8 Å². The van der Waals surface area contributed by atoms with Crippen molar-refractivity contribution in [2.24, 2.45) is 0 Å². The summed E-state index contributed by atoms with van der Waals surface area (Å²) >= 11 is 0. The van der Waals surface area contributed by atoms with E-state index in [0.717, 1.165) is 0 Å². The van der Waals surface area contributed by atoms with Gasteiger partial charge in [0.25, 0.3) is 0 Å². The van der Waals surface area contributed by atoms with Crippen molar-refractivity contribution < 1.29 is 27.9 Å². The molecule has 0 aliphatic carbocycles. The van der Waals surface area contributed by atoms with Crippen molar-refractivity contribution in [3.8, 4) is 11.5 Å². The Morgan fingerprint density at radius 3 is 2.25 bits per heavy atom. The summed E-state index contributed by atoms with van der Waals surface area (Å²) in [6.45, 7) is 3.49. The molecule has 0 fully saturated rings. The van der Waals surface area contributed by atoms with Crippen molar-refractivity contribution in [1.82, 2.24) is 4.98 Å². The van der Waals surface area contributed by atoms with E-state index >= 15 is 0 Å². The molecule has 0 bridgehead atoms. The first-order valence-corrected chi connectivity index (χ1v) is 5.72. The van der Waals surface area contributed by atoms with E-state index in [-0.39, 0.29) is 17.3 Å². The molecule has 7 nitrogen and oxygen atoms in total. The highest BCUT2D eigenvalue weighted by molar-refractivity contribution is 6.00. The first-order chi connectivity index (χ1) is 9.47. The van der Waals surface area contributed by atoms with Gasteiger partial charge < -0.3 is 18.3 Å². The number of aromatic nitrogens is 1. The number of hydrogen-bond acceptors (Lipinski definition) is 7. The summed E-state index contributed by atoms with van der Waals surface area (Å²) in [6.07, 6.45) is 0. The summed E-state index contributed by atoms with van der Waals surface area (Å²) < 4.78 is 19.8. The van der Waals surface area contributed by atoms with Crippen LogP contribution in [0.25, 0.3) is 11.5 Å². The van der Waals surface area contributed by atoms with E-state index < -0.39 is 11.9 Å². The minimum absolute atomic E-state index is 0.0974. The molecular weight excluding hydrogens is 266 g/mol. The number of carbonyl (C=O) groups excluding carboxylic acids is 2. The molecular formula is C13H13NO6. The number of carbonyl (C=O) groups is 2. The van der Waals surface area contributed by atoms with Crippen LogP contribution >= 0.6 is 0 Å². The molecule has 0 aliphatic heterocycles. The molecule has 0 aliphatic rings. The van der Waals surface area contributed by atoms with E-state index in [4.69, 9.17) is 8.83 Å². The van der Waals surface area contributed by atoms with E-state index in [9.17, 15) is 9.59 Å². The van der Waals surface area contributed by atoms with Crippen LogP contribution in [0.1, 0.15) is 32.6 Å². The quantitative estimate of drug-likeness (QED) is 0.794. The molecule has 7 heteroatoms. The first kappa shape index (κ1) is 13.9. The average Bonchev–Trinajstić information content (AvgIpc) is 3.00. The predicted octanol–water partition coefficient (Wildman–Crippen LogP) is 2.12. The minimum atomic E-state index is -0.804. The van der Waals surface area contributed by atoms with E-state index in [1.165, 1.54) is 14.2 Å². The summed E-state index contributed by atoms with van der Waals surface area (Å²) in [5.41, 5.74) is 0.329. The van der Waals surface area contributed by atoms with Gasteiger partial charge in [0.2, 0.25) is 17.3 Å². The zero-order chi connectivity index (χ0) is 14.9. The van der Waals surface area contributed by atoms with Gasteiger partial charge in [-0.3, -0.25) is 0 Å². The van der Waals surface area contributed by atoms with Crippen LogP contribution in [0.2, 0.25) is 0 Å². The molecule has 106 valence electrons. The van der Waals surface area contributed by atoms with Gasteiger partial charge >= 0.3 is 11.9 Å². The molecule has 0 unspecified atom stereocenters. The monoisotopic (exact) mass is 279 g/mol. The zero-order valence-electron chi connectivity index (χ0n) is 11.5. The van der Waals surface area contributed by atoms with Crippen LogP contribution in [0.5, 0.6) is 0 Å². The molecule has 20 heavy (non-hydrogen) atoms. The van der Waals surface area contributed by atoms with Crippen LogP contribution in [0.3, 0.4) is 0 Å². The molecule has 2 rings (SSSR count). The molecule has 0 saturated heterocycles. The molecule has 2 aromatic heterocycles. The number of nitrogens with zero attached hydrogens (tertiary/aromatic N) is 1. The number of oxazole rings is 1. The topological polar surface area (TPSA) is 91.8 Å². The Labute approximate surface area is 114 Å². The van der Waals surface area contributed by atoms with Gasteiger partial charge in [-0.05, 0) is 19.9 Å². The first-order valence-electron chi connectivity index (χ1n) is 5.72. The van der Waals surface area contributed by atoms with Crippen molar-refractivity contribution in [3.05, 3.63) is 29.0 Å². The van der Waals surface area contributed by atoms with E-state index in [1.54, 1.807) is 19.9 Å². The van der Waals surface area contributed by atoms with Crippen LogP contribution in [-0.2, 0) is 9.47 Å². The van der Waals surface area contributed by atoms with Crippen LogP contribution in [0, 0.1) is 13.8 Å². The molecule has 0 atom stereocenters. The number of methoxy groups -OCH3 is 2. The number of esters is 2. The molecule has 2 heterocycles. The van der Waals surface area contributed by atoms with Gasteiger partial charge in [0.05, 0.1) is 19.8 Å². The van der Waals surface area contributed by atoms with Crippen LogP contribution in [0.15, 0.2) is 14.9 Å². The van der Waals surface area contributed by atoms with Gasteiger partial charge in [-0.1, -0.05) is 0 Å². The number of rotatable bonds is 3. The van der Waals surface area contributed by atoms with Crippen molar-refractivity contribution in [3.63, 3.8) is 0 Å². The molecule has 0 amide bonds. The highest BCUT2D eigenvalue weighted by atomic mass is 16.5. The SMILES string of the molecule is COC(=O)c1nc(-c2cc(C)oc2C)oc1C(=O)OC. The molecule has 0 aromatic carbocycles. The fourth-order valence-corrected chi connectivity index (χ4v) is 1.74. The maximum absolute atomic E-state index is 11.6. The van der Waals surface area contributed by atoms with Gasteiger partial charge in [-0.2, -0.15) is 0 Å². The third-order valence-corrected chi connectivity index (χ3v) is 2.65. The van der Waals surface area contributed by atoms with Gasteiger partial charge in [0, 0.05) is 0 Å². The van der Waals surface area contributed by atoms with Gasteiger partial charge in [-0.15, -0.1) is 0 Å². The fourth-order valence-electron chi connectivity index (χ4n) is 1.74. The third-order valence-electron chi connectivity index (χ3n) is 2.65. The standard InChI is InChI=1S/C13H13NO6/c1-6-5-8(7(2)19-6)11-14-9(12(15)17-3)10(20-11)13(16)18-4/h5H,1-4H3. The Morgan fingerprint density at radius 2 is 1.75 bits per heavy atom. The number of ether oxygens (including phenoxy) is 2.